The number of hydrogen-bond donors (Lipinski definition) is 1. The summed E-state index contributed by atoms with van der Waals surface area (Å²) in [5, 5.41) is 18.3. The molecule has 1 N–H and O–H groups in total. The van der Waals surface area contributed by atoms with Gasteiger partial charge < -0.3 is 5.32 Å². The maximum atomic E-state index is 13.0. The zero-order valence-electron chi connectivity index (χ0n) is 18.0. The van der Waals surface area contributed by atoms with E-state index < -0.39 is 0 Å². The van der Waals surface area contributed by atoms with Gasteiger partial charge in [-0.2, -0.15) is 0 Å². The molecule has 0 aromatic rings. The standard InChI is InChI=1S/C22H45N2O/c1-7-10-11-12-13-14-15-16-17-23-20-18-21(5,8-2)24(25)22(6,9-3)19(20)4/h19-20,23H,7-18H2,1-6H3. The summed E-state index contributed by atoms with van der Waals surface area (Å²) >= 11 is 0. The summed E-state index contributed by atoms with van der Waals surface area (Å²) in [7, 11) is 0. The van der Waals surface area contributed by atoms with Crippen molar-refractivity contribution in [3.63, 3.8) is 0 Å². The number of rotatable bonds is 12. The van der Waals surface area contributed by atoms with E-state index in [1.54, 1.807) is 0 Å². The molecule has 1 fully saturated rings. The number of hydroxylamine groups is 2. The lowest BCUT2D eigenvalue weighted by molar-refractivity contribution is -0.314. The van der Waals surface area contributed by atoms with Crippen LogP contribution in [-0.4, -0.2) is 28.7 Å². The fourth-order valence-corrected chi connectivity index (χ4v) is 4.52. The Kier molecular flexibility index (Phi) is 9.98. The molecule has 3 heteroatoms. The van der Waals surface area contributed by atoms with Crippen molar-refractivity contribution in [2.75, 3.05) is 6.54 Å². The maximum Gasteiger partial charge on any atom is 0.0509 e. The summed E-state index contributed by atoms with van der Waals surface area (Å²) in [6, 6.07) is 0.463. The molecule has 0 spiro atoms. The van der Waals surface area contributed by atoms with Crippen LogP contribution in [-0.2, 0) is 5.21 Å². The van der Waals surface area contributed by atoms with Crippen molar-refractivity contribution in [3.8, 4) is 0 Å². The fourth-order valence-electron chi connectivity index (χ4n) is 4.52. The largest absolute Gasteiger partial charge is 0.314 e. The Bertz CT molecular complexity index is 362. The van der Waals surface area contributed by atoms with Gasteiger partial charge in [0.1, 0.15) is 0 Å². The normalized spacial score (nSPS) is 33.7. The minimum Gasteiger partial charge on any atom is -0.314 e. The molecule has 0 bridgehead atoms. The summed E-state index contributed by atoms with van der Waals surface area (Å²) in [5.41, 5.74) is -0.478. The van der Waals surface area contributed by atoms with Gasteiger partial charge in [-0.25, -0.2) is 0 Å². The first-order valence-electron chi connectivity index (χ1n) is 11.1. The van der Waals surface area contributed by atoms with Crippen molar-refractivity contribution in [3.05, 3.63) is 0 Å². The lowest BCUT2D eigenvalue weighted by Gasteiger charge is -2.56. The summed E-state index contributed by atoms with van der Waals surface area (Å²) in [4.78, 5) is 0. The molecule has 149 valence electrons. The molecule has 0 aromatic heterocycles. The van der Waals surface area contributed by atoms with Crippen LogP contribution in [0.5, 0.6) is 0 Å². The van der Waals surface area contributed by atoms with Crippen LogP contribution in [0.15, 0.2) is 0 Å². The average Bonchev–Trinajstić information content (AvgIpc) is 2.62. The molecule has 4 unspecified atom stereocenters. The minimum atomic E-state index is -0.250. The van der Waals surface area contributed by atoms with Crippen molar-refractivity contribution < 1.29 is 5.21 Å². The first kappa shape index (κ1) is 22.9. The van der Waals surface area contributed by atoms with Gasteiger partial charge in [0, 0.05) is 11.6 Å². The van der Waals surface area contributed by atoms with Crippen LogP contribution >= 0.6 is 0 Å². The topological polar surface area (TPSA) is 35.2 Å². The van der Waals surface area contributed by atoms with Crippen LogP contribution in [0.25, 0.3) is 0 Å². The Labute approximate surface area is 157 Å². The van der Waals surface area contributed by atoms with Crippen LogP contribution < -0.4 is 5.32 Å². The van der Waals surface area contributed by atoms with Crippen LogP contribution in [0.1, 0.15) is 112 Å². The van der Waals surface area contributed by atoms with Gasteiger partial charge in [0.25, 0.3) is 0 Å². The van der Waals surface area contributed by atoms with Crippen LogP contribution in [0.2, 0.25) is 0 Å². The second-order valence-electron chi connectivity index (χ2n) is 8.88. The number of hydrogen-bond acceptors (Lipinski definition) is 2. The third kappa shape index (κ3) is 5.94. The van der Waals surface area contributed by atoms with Gasteiger partial charge in [-0.3, -0.25) is 0 Å². The highest BCUT2D eigenvalue weighted by molar-refractivity contribution is 5.05. The lowest BCUT2D eigenvalue weighted by Crippen LogP contribution is -2.68. The van der Waals surface area contributed by atoms with Gasteiger partial charge in [-0.05, 0) is 52.0 Å². The van der Waals surface area contributed by atoms with Gasteiger partial charge in [-0.15, -0.1) is 10.3 Å². The van der Waals surface area contributed by atoms with E-state index in [9.17, 15) is 5.21 Å². The Hall–Kier alpha value is -0.120. The third-order valence-corrected chi connectivity index (χ3v) is 7.11. The predicted molar refractivity (Wildman–Crippen MR) is 108 cm³/mol. The molecule has 1 aliphatic rings. The summed E-state index contributed by atoms with van der Waals surface area (Å²) < 4.78 is 0. The van der Waals surface area contributed by atoms with E-state index in [0.29, 0.717) is 12.0 Å². The highest BCUT2D eigenvalue weighted by atomic mass is 16.5. The highest BCUT2D eigenvalue weighted by Crippen LogP contribution is 2.44. The van der Waals surface area contributed by atoms with Crippen molar-refractivity contribution >= 4 is 0 Å². The quantitative estimate of drug-likeness (QED) is 0.430. The molecular weight excluding hydrogens is 308 g/mol. The third-order valence-electron chi connectivity index (χ3n) is 7.11. The summed E-state index contributed by atoms with van der Waals surface area (Å²) in [6.07, 6.45) is 13.7. The van der Waals surface area contributed by atoms with E-state index in [0.717, 1.165) is 25.8 Å². The van der Waals surface area contributed by atoms with Gasteiger partial charge in [-0.1, -0.05) is 72.6 Å². The maximum absolute atomic E-state index is 13.0. The lowest BCUT2D eigenvalue weighted by atomic mass is 9.68. The Morgan fingerprint density at radius 3 is 2.00 bits per heavy atom. The van der Waals surface area contributed by atoms with Gasteiger partial charge >= 0.3 is 0 Å². The molecule has 1 rings (SSSR count). The van der Waals surface area contributed by atoms with Gasteiger partial charge in [0.15, 0.2) is 0 Å². The summed E-state index contributed by atoms with van der Waals surface area (Å²) in [6.45, 7) is 14.3. The van der Waals surface area contributed by atoms with Gasteiger partial charge in [0.2, 0.25) is 0 Å². The Morgan fingerprint density at radius 1 is 0.920 bits per heavy atom. The van der Waals surface area contributed by atoms with Crippen LogP contribution in [0, 0.1) is 5.92 Å². The molecule has 1 heterocycles. The van der Waals surface area contributed by atoms with Crippen molar-refractivity contribution in [2.45, 2.75) is 129 Å². The Balaban J connectivity index is 2.39. The summed E-state index contributed by atoms with van der Waals surface area (Å²) in [5.74, 6) is 0.392. The number of nitrogens with one attached hydrogen (secondary N) is 1. The van der Waals surface area contributed by atoms with E-state index in [1.807, 2.05) is 0 Å². The predicted octanol–water partition coefficient (Wildman–Crippen LogP) is 6.11. The molecule has 1 radical (unpaired) electrons. The molecule has 0 aliphatic carbocycles. The zero-order valence-corrected chi connectivity index (χ0v) is 18.0. The SMILES string of the molecule is CCCCCCCCCCNC1CC(C)(CC)N([O])C(C)(CC)C1C. The number of piperidine rings is 1. The first-order chi connectivity index (χ1) is 11.9. The number of unbranched alkanes of at least 4 members (excludes halogenated alkanes) is 7. The average molecular weight is 354 g/mol. The first-order valence-corrected chi connectivity index (χ1v) is 11.1. The van der Waals surface area contributed by atoms with Gasteiger partial charge in [0.05, 0.1) is 5.54 Å². The van der Waals surface area contributed by atoms with Crippen molar-refractivity contribution in [2.24, 2.45) is 5.92 Å². The van der Waals surface area contributed by atoms with E-state index >= 15 is 0 Å². The molecule has 0 aromatic carbocycles. The van der Waals surface area contributed by atoms with E-state index in [-0.39, 0.29) is 11.1 Å². The smallest absolute Gasteiger partial charge is 0.0509 e. The minimum absolute atomic E-state index is 0.228. The molecule has 0 saturated carbocycles. The molecule has 1 aliphatic heterocycles. The van der Waals surface area contributed by atoms with Crippen LogP contribution in [0.3, 0.4) is 0 Å². The molecule has 25 heavy (non-hydrogen) atoms. The second kappa shape index (κ2) is 10.9. The molecule has 1 saturated heterocycles. The van der Waals surface area contributed by atoms with Crippen molar-refractivity contribution in [1.82, 2.24) is 10.4 Å². The molecule has 0 amide bonds. The molecule has 3 nitrogen and oxygen atoms in total. The van der Waals surface area contributed by atoms with Crippen molar-refractivity contribution in [1.29, 1.82) is 0 Å². The second-order valence-corrected chi connectivity index (χ2v) is 8.88. The molecular formula is C22H45N2O. The van der Waals surface area contributed by atoms with E-state index in [4.69, 9.17) is 0 Å². The van der Waals surface area contributed by atoms with Crippen LogP contribution in [0.4, 0.5) is 0 Å². The zero-order chi connectivity index (χ0) is 18.9. The fraction of sp³-hybridized carbons (Fsp3) is 1.00. The number of nitrogens with zero attached hydrogens (tertiary/aromatic N) is 1. The van der Waals surface area contributed by atoms with E-state index in [2.05, 4.69) is 46.9 Å². The monoisotopic (exact) mass is 353 g/mol. The Morgan fingerprint density at radius 2 is 1.48 bits per heavy atom. The highest BCUT2D eigenvalue weighted by Gasteiger charge is 2.53. The molecule has 4 atom stereocenters. The van der Waals surface area contributed by atoms with E-state index in [1.165, 1.54) is 56.4 Å².